The standard InChI is InChI=1S/C25H28N2O6S2/c1-19(21-9-15-24(16-10-21)34(2,29)30)26-25(28)17-27(35(3,31)32)22-11-13-23(14-12-22)33-18-20-7-5-4-6-8-20/h4-16,19H,17-18H2,1-3H3,(H,26,28)/t19-/m1/s1. The predicted molar refractivity (Wildman–Crippen MR) is 136 cm³/mol. The molecule has 0 aliphatic rings. The summed E-state index contributed by atoms with van der Waals surface area (Å²) in [6, 6.07) is 21.8. The van der Waals surface area contributed by atoms with Gasteiger partial charge in [0.25, 0.3) is 0 Å². The smallest absolute Gasteiger partial charge is 0.241 e. The second kappa shape index (κ2) is 10.9. The van der Waals surface area contributed by atoms with E-state index < -0.39 is 38.4 Å². The van der Waals surface area contributed by atoms with Crippen molar-refractivity contribution in [2.45, 2.75) is 24.5 Å². The molecule has 0 radical (unpaired) electrons. The Balaban J connectivity index is 1.65. The quantitative estimate of drug-likeness (QED) is 0.443. The maximum Gasteiger partial charge on any atom is 0.241 e. The molecule has 0 aromatic heterocycles. The highest BCUT2D eigenvalue weighted by molar-refractivity contribution is 7.92. The zero-order chi connectivity index (χ0) is 25.6. The zero-order valence-electron chi connectivity index (χ0n) is 19.7. The van der Waals surface area contributed by atoms with E-state index in [0.717, 1.165) is 22.4 Å². The third-order valence-corrected chi connectivity index (χ3v) is 7.52. The van der Waals surface area contributed by atoms with Gasteiger partial charge < -0.3 is 10.1 Å². The molecule has 3 rings (SSSR count). The number of carbonyl (C=O) groups is 1. The Kier molecular flexibility index (Phi) is 8.18. The summed E-state index contributed by atoms with van der Waals surface area (Å²) in [6.45, 7) is 1.70. The van der Waals surface area contributed by atoms with Gasteiger partial charge in [0.05, 0.1) is 22.9 Å². The first kappa shape index (κ1) is 26.2. The molecule has 3 aromatic carbocycles. The van der Waals surface area contributed by atoms with Gasteiger partial charge in [0, 0.05) is 6.26 Å². The molecule has 3 aromatic rings. The lowest BCUT2D eigenvalue weighted by molar-refractivity contribution is -0.120. The normalized spacial score (nSPS) is 12.5. The summed E-state index contributed by atoms with van der Waals surface area (Å²) in [5.74, 6) is 0.0705. The summed E-state index contributed by atoms with van der Waals surface area (Å²) >= 11 is 0. The Morgan fingerprint density at radius 1 is 0.886 bits per heavy atom. The lowest BCUT2D eigenvalue weighted by Crippen LogP contribution is -2.41. The maximum atomic E-state index is 12.7. The van der Waals surface area contributed by atoms with Crippen LogP contribution in [0.2, 0.25) is 0 Å². The van der Waals surface area contributed by atoms with Crippen molar-refractivity contribution in [1.82, 2.24) is 5.32 Å². The molecular weight excluding hydrogens is 488 g/mol. The molecule has 1 atom stereocenters. The number of nitrogens with zero attached hydrogens (tertiary/aromatic N) is 1. The third-order valence-electron chi connectivity index (χ3n) is 5.25. The Morgan fingerprint density at radius 2 is 1.49 bits per heavy atom. The van der Waals surface area contributed by atoms with Crippen LogP contribution in [0.3, 0.4) is 0 Å². The Hall–Kier alpha value is -3.37. The summed E-state index contributed by atoms with van der Waals surface area (Å²) in [6.07, 6.45) is 2.16. The van der Waals surface area contributed by atoms with Crippen LogP contribution in [-0.4, -0.2) is 41.8 Å². The molecule has 0 fully saturated rings. The van der Waals surface area contributed by atoms with Crippen LogP contribution < -0.4 is 14.4 Å². The largest absolute Gasteiger partial charge is 0.489 e. The van der Waals surface area contributed by atoms with Gasteiger partial charge >= 0.3 is 0 Å². The molecule has 10 heteroatoms. The highest BCUT2D eigenvalue weighted by Crippen LogP contribution is 2.23. The average Bonchev–Trinajstić information content (AvgIpc) is 2.81. The van der Waals surface area contributed by atoms with Gasteiger partial charge in [-0.1, -0.05) is 42.5 Å². The van der Waals surface area contributed by atoms with Crippen LogP contribution in [0.15, 0.2) is 83.8 Å². The molecule has 0 heterocycles. The van der Waals surface area contributed by atoms with Crippen molar-refractivity contribution >= 4 is 31.5 Å². The van der Waals surface area contributed by atoms with E-state index in [-0.39, 0.29) is 4.90 Å². The van der Waals surface area contributed by atoms with Gasteiger partial charge in [-0.05, 0) is 54.4 Å². The molecule has 0 saturated heterocycles. The minimum atomic E-state index is -3.74. The number of sulfonamides is 1. The van der Waals surface area contributed by atoms with Crippen molar-refractivity contribution < 1.29 is 26.4 Å². The molecule has 8 nitrogen and oxygen atoms in total. The van der Waals surface area contributed by atoms with E-state index in [1.165, 1.54) is 12.1 Å². The molecule has 0 aliphatic carbocycles. The fourth-order valence-electron chi connectivity index (χ4n) is 3.35. The molecule has 0 saturated carbocycles. The fraction of sp³-hybridized carbons (Fsp3) is 0.240. The summed E-state index contributed by atoms with van der Waals surface area (Å²) < 4.78 is 54.8. The second-order valence-electron chi connectivity index (χ2n) is 8.17. The van der Waals surface area contributed by atoms with Crippen LogP contribution in [0.5, 0.6) is 5.75 Å². The number of rotatable bonds is 10. The van der Waals surface area contributed by atoms with E-state index in [4.69, 9.17) is 4.74 Å². The highest BCUT2D eigenvalue weighted by Gasteiger charge is 2.22. The Bertz CT molecular complexity index is 1360. The van der Waals surface area contributed by atoms with Gasteiger partial charge in [-0.3, -0.25) is 9.10 Å². The monoisotopic (exact) mass is 516 g/mol. The minimum absolute atomic E-state index is 0.180. The van der Waals surface area contributed by atoms with Crippen molar-refractivity contribution in [3.8, 4) is 5.75 Å². The number of benzene rings is 3. The molecule has 0 unspecified atom stereocenters. The molecule has 0 bridgehead atoms. The molecule has 186 valence electrons. The van der Waals surface area contributed by atoms with E-state index in [1.807, 2.05) is 30.3 Å². The minimum Gasteiger partial charge on any atom is -0.489 e. The van der Waals surface area contributed by atoms with Crippen LogP contribution in [0.25, 0.3) is 0 Å². The maximum absolute atomic E-state index is 12.7. The van der Waals surface area contributed by atoms with Gasteiger partial charge in [0.1, 0.15) is 18.9 Å². The fourth-order valence-corrected chi connectivity index (χ4v) is 4.84. The van der Waals surface area contributed by atoms with Crippen molar-refractivity contribution in [3.05, 3.63) is 90.0 Å². The lowest BCUT2D eigenvalue weighted by atomic mass is 10.1. The van der Waals surface area contributed by atoms with Gasteiger partial charge in [0.15, 0.2) is 9.84 Å². The van der Waals surface area contributed by atoms with Crippen LogP contribution in [0.4, 0.5) is 5.69 Å². The first-order valence-electron chi connectivity index (χ1n) is 10.8. The molecular formula is C25H28N2O6S2. The summed E-state index contributed by atoms with van der Waals surface area (Å²) in [5.41, 5.74) is 2.03. The predicted octanol–water partition coefficient (Wildman–Crippen LogP) is 3.31. The van der Waals surface area contributed by atoms with E-state index in [9.17, 15) is 21.6 Å². The topological polar surface area (TPSA) is 110 Å². The van der Waals surface area contributed by atoms with E-state index in [0.29, 0.717) is 23.6 Å². The number of ether oxygens (including phenoxy) is 1. The van der Waals surface area contributed by atoms with Crippen molar-refractivity contribution in [1.29, 1.82) is 0 Å². The highest BCUT2D eigenvalue weighted by atomic mass is 32.2. The van der Waals surface area contributed by atoms with Gasteiger partial charge in [-0.2, -0.15) is 0 Å². The number of carbonyl (C=O) groups excluding carboxylic acids is 1. The number of anilines is 1. The van der Waals surface area contributed by atoms with Crippen molar-refractivity contribution in [2.75, 3.05) is 23.4 Å². The molecule has 0 aliphatic heterocycles. The lowest BCUT2D eigenvalue weighted by Gasteiger charge is -2.23. The summed E-state index contributed by atoms with van der Waals surface area (Å²) in [5, 5.41) is 2.76. The molecule has 0 spiro atoms. The number of hydrogen-bond acceptors (Lipinski definition) is 6. The van der Waals surface area contributed by atoms with Gasteiger partial charge in [-0.25, -0.2) is 16.8 Å². The van der Waals surface area contributed by atoms with Crippen molar-refractivity contribution in [2.24, 2.45) is 0 Å². The molecule has 35 heavy (non-hydrogen) atoms. The molecule has 1 amide bonds. The number of sulfone groups is 1. The average molecular weight is 517 g/mol. The zero-order valence-corrected chi connectivity index (χ0v) is 21.3. The van der Waals surface area contributed by atoms with Crippen LogP contribution in [-0.2, 0) is 31.3 Å². The SMILES string of the molecule is C[C@@H](NC(=O)CN(c1ccc(OCc2ccccc2)cc1)S(C)(=O)=O)c1ccc(S(C)(=O)=O)cc1. The van der Waals surface area contributed by atoms with E-state index in [2.05, 4.69) is 5.32 Å². The van der Waals surface area contributed by atoms with Crippen LogP contribution in [0.1, 0.15) is 24.1 Å². The first-order chi connectivity index (χ1) is 16.4. The van der Waals surface area contributed by atoms with Crippen molar-refractivity contribution in [3.63, 3.8) is 0 Å². The summed E-state index contributed by atoms with van der Waals surface area (Å²) in [4.78, 5) is 12.9. The number of nitrogens with one attached hydrogen (secondary N) is 1. The Labute approximate surface area is 206 Å². The third kappa shape index (κ3) is 7.56. The van der Waals surface area contributed by atoms with Gasteiger partial charge in [-0.15, -0.1) is 0 Å². The first-order valence-corrected chi connectivity index (χ1v) is 14.5. The van der Waals surface area contributed by atoms with Crippen LogP contribution >= 0.6 is 0 Å². The van der Waals surface area contributed by atoms with Gasteiger partial charge in [0.2, 0.25) is 15.9 Å². The van der Waals surface area contributed by atoms with E-state index >= 15 is 0 Å². The van der Waals surface area contributed by atoms with E-state index in [1.54, 1.807) is 43.3 Å². The second-order valence-corrected chi connectivity index (χ2v) is 12.1. The Morgan fingerprint density at radius 3 is 2.03 bits per heavy atom. The number of amides is 1. The van der Waals surface area contributed by atoms with Crippen LogP contribution in [0, 0.1) is 0 Å². The molecule has 1 N–H and O–H groups in total. The number of hydrogen-bond donors (Lipinski definition) is 1. The summed E-state index contributed by atoms with van der Waals surface area (Å²) in [7, 11) is -7.06.